The highest BCUT2D eigenvalue weighted by Gasteiger charge is 2.37. The Morgan fingerprint density at radius 2 is 1.42 bits per heavy atom. The van der Waals surface area contributed by atoms with Crippen molar-refractivity contribution >= 4 is 51.4 Å². The maximum absolute atomic E-state index is 12.4. The molecule has 0 bridgehead atoms. The summed E-state index contributed by atoms with van der Waals surface area (Å²) in [6.45, 7) is 0. The summed E-state index contributed by atoms with van der Waals surface area (Å²) in [6.07, 6.45) is 1.28. The van der Waals surface area contributed by atoms with E-state index in [-0.39, 0.29) is 32.0 Å². The summed E-state index contributed by atoms with van der Waals surface area (Å²) in [4.78, 5) is 24.5. The number of Topliss-reactive ketones (excluding diaryl/α,β-unsaturated/α-hetero) is 2. The van der Waals surface area contributed by atoms with E-state index in [2.05, 4.69) is 0 Å². The van der Waals surface area contributed by atoms with E-state index in [4.69, 9.17) is 34.8 Å². The second-order valence-corrected chi connectivity index (χ2v) is 5.30. The van der Waals surface area contributed by atoms with Gasteiger partial charge in [0, 0.05) is 11.1 Å². The Morgan fingerprint density at radius 3 is 2.11 bits per heavy atom. The molecule has 1 aromatic rings. The number of carbonyl (C=O) groups excluding carboxylic acids is 2. The number of halogens is 3. The van der Waals surface area contributed by atoms with Gasteiger partial charge in [0.2, 0.25) is 5.78 Å². The fourth-order valence-corrected chi connectivity index (χ4v) is 3.07. The Balaban J connectivity index is 2.42. The molecule has 19 heavy (non-hydrogen) atoms. The zero-order valence-electron chi connectivity index (χ0n) is 9.34. The first kappa shape index (κ1) is 12.7. The molecule has 0 saturated carbocycles. The van der Waals surface area contributed by atoms with Crippen LogP contribution in [-0.2, 0) is 4.79 Å². The minimum absolute atomic E-state index is 0.0471. The Kier molecular flexibility index (Phi) is 2.90. The van der Waals surface area contributed by atoms with Gasteiger partial charge in [0.25, 0.3) is 0 Å². The van der Waals surface area contributed by atoms with E-state index in [9.17, 15) is 9.59 Å². The van der Waals surface area contributed by atoms with E-state index in [1.165, 1.54) is 6.08 Å². The van der Waals surface area contributed by atoms with Crippen LogP contribution in [0.5, 0.6) is 0 Å². The third-order valence-corrected chi connectivity index (χ3v) is 4.01. The quantitative estimate of drug-likeness (QED) is 0.725. The van der Waals surface area contributed by atoms with E-state index in [1.807, 2.05) is 0 Å². The lowest BCUT2D eigenvalue weighted by atomic mass is 9.82. The van der Waals surface area contributed by atoms with Gasteiger partial charge in [0.1, 0.15) is 0 Å². The van der Waals surface area contributed by atoms with Crippen LogP contribution in [-0.4, -0.2) is 11.6 Å². The molecular formula is C14H5Cl3O2. The van der Waals surface area contributed by atoms with Gasteiger partial charge >= 0.3 is 0 Å². The topological polar surface area (TPSA) is 34.1 Å². The molecule has 0 spiro atoms. The SMILES string of the molecule is O=C1C(Cl)=CC(Cl)=C2C(=O)c3ccccc3C(Cl)=C12. The normalized spacial score (nSPS) is 18.4. The average molecular weight is 312 g/mol. The van der Waals surface area contributed by atoms with E-state index in [1.54, 1.807) is 24.3 Å². The van der Waals surface area contributed by atoms with Gasteiger partial charge in [-0.25, -0.2) is 0 Å². The fraction of sp³-hybridized carbons (Fsp3) is 0. The minimum atomic E-state index is -0.478. The van der Waals surface area contributed by atoms with Crippen molar-refractivity contribution in [2.45, 2.75) is 0 Å². The van der Waals surface area contributed by atoms with Crippen LogP contribution in [0.25, 0.3) is 5.03 Å². The van der Waals surface area contributed by atoms with Crippen molar-refractivity contribution in [2.75, 3.05) is 0 Å². The van der Waals surface area contributed by atoms with Crippen molar-refractivity contribution in [3.8, 4) is 0 Å². The average Bonchev–Trinajstić information content (AvgIpc) is 2.40. The number of ketones is 2. The third-order valence-electron chi connectivity index (χ3n) is 3.04. The predicted octanol–water partition coefficient (Wildman–Crippen LogP) is 4.03. The number of hydrogen-bond acceptors (Lipinski definition) is 2. The second kappa shape index (κ2) is 4.34. The third kappa shape index (κ3) is 1.71. The molecule has 0 amide bonds. The second-order valence-electron chi connectivity index (χ2n) is 4.11. The largest absolute Gasteiger partial charge is 0.289 e. The first-order valence-electron chi connectivity index (χ1n) is 5.38. The molecule has 0 saturated heterocycles. The molecule has 0 heterocycles. The van der Waals surface area contributed by atoms with Gasteiger partial charge in [0.15, 0.2) is 5.78 Å². The zero-order chi connectivity index (χ0) is 13.7. The van der Waals surface area contributed by atoms with Crippen LogP contribution in [0.4, 0.5) is 0 Å². The highest BCUT2D eigenvalue weighted by Crippen LogP contribution is 2.43. The number of rotatable bonds is 0. The Hall–Kier alpha value is -1.35. The molecule has 2 aliphatic carbocycles. The number of benzene rings is 1. The standard InChI is InChI=1S/C14H5Cl3O2/c15-8-5-9(16)14(19)11-10(8)13(18)7-4-2-1-3-6(7)12(11)17/h1-5H. The summed E-state index contributed by atoms with van der Waals surface area (Å²) in [6, 6.07) is 6.81. The predicted molar refractivity (Wildman–Crippen MR) is 75.4 cm³/mol. The van der Waals surface area contributed by atoms with Crippen molar-refractivity contribution in [1.82, 2.24) is 0 Å². The number of carbonyl (C=O) groups is 2. The first-order chi connectivity index (χ1) is 9.02. The monoisotopic (exact) mass is 310 g/mol. The molecule has 0 aromatic heterocycles. The van der Waals surface area contributed by atoms with Gasteiger partial charge in [-0.2, -0.15) is 0 Å². The fourth-order valence-electron chi connectivity index (χ4n) is 2.17. The molecule has 94 valence electrons. The molecule has 0 unspecified atom stereocenters. The summed E-state index contributed by atoms with van der Waals surface area (Å²) in [5, 5.41) is 0.297. The Labute approximate surface area is 124 Å². The van der Waals surface area contributed by atoms with Gasteiger partial charge in [-0.3, -0.25) is 9.59 Å². The van der Waals surface area contributed by atoms with Crippen LogP contribution in [0.3, 0.4) is 0 Å². The Bertz CT molecular complexity index is 739. The molecule has 5 heteroatoms. The highest BCUT2D eigenvalue weighted by molar-refractivity contribution is 6.59. The van der Waals surface area contributed by atoms with Gasteiger partial charge in [-0.05, 0) is 6.08 Å². The van der Waals surface area contributed by atoms with E-state index >= 15 is 0 Å². The molecule has 0 N–H and O–H groups in total. The van der Waals surface area contributed by atoms with Crippen molar-refractivity contribution in [3.63, 3.8) is 0 Å². The van der Waals surface area contributed by atoms with Crippen LogP contribution in [0, 0.1) is 0 Å². The minimum Gasteiger partial charge on any atom is -0.289 e. The summed E-state index contributed by atoms with van der Waals surface area (Å²) in [5.74, 6) is -0.789. The molecule has 0 atom stereocenters. The van der Waals surface area contributed by atoms with Crippen molar-refractivity contribution in [2.24, 2.45) is 0 Å². The smallest absolute Gasteiger partial charge is 0.206 e. The molecule has 0 aliphatic heterocycles. The molecule has 0 fully saturated rings. The molecule has 3 rings (SSSR count). The van der Waals surface area contributed by atoms with Crippen molar-refractivity contribution < 1.29 is 9.59 Å². The van der Waals surface area contributed by atoms with Crippen molar-refractivity contribution in [1.29, 1.82) is 0 Å². The van der Waals surface area contributed by atoms with Crippen LogP contribution in [0.2, 0.25) is 0 Å². The molecule has 0 radical (unpaired) electrons. The number of allylic oxidation sites excluding steroid dienone is 5. The lowest BCUT2D eigenvalue weighted by Crippen LogP contribution is -2.22. The van der Waals surface area contributed by atoms with Gasteiger partial charge < -0.3 is 0 Å². The maximum Gasteiger partial charge on any atom is 0.206 e. The number of hydrogen-bond donors (Lipinski definition) is 0. The lowest BCUT2D eigenvalue weighted by molar-refractivity contribution is -0.111. The van der Waals surface area contributed by atoms with Crippen LogP contribution < -0.4 is 0 Å². The summed E-state index contributed by atoms with van der Waals surface area (Å²) in [5.41, 5.74) is 1.17. The van der Waals surface area contributed by atoms with Gasteiger partial charge in [-0.1, -0.05) is 59.1 Å². The van der Waals surface area contributed by atoms with Crippen LogP contribution in [0.15, 0.2) is 51.6 Å². The molecular weight excluding hydrogens is 307 g/mol. The first-order valence-corrected chi connectivity index (χ1v) is 6.51. The van der Waals surface area contributed by atoms with Gasteiger partial charge in [0.05, 0.1) is 26.2 Å². The summed E-state index contributed by atoms with van der Waals surface area (Å²) >= 11 is 18.1. The van der Waals surface area contributed by atoms with E-state index in [0.717, 1.165) is 0 Å². The molecule has 1 aromatic carbocycles. The summed E-state index contributed by atoms with van der Waals surface area (Å²) in [7, 11) is 0. The van der Waals surface area contributed by atoms with Crippen LogP contribution >= 0.6 is 34.8 Å². The lowest BCUT2D eigenvalue weighted by Gasteiger charge is -2.23. The Morgan fingerprint density at radius 1 is 0.789 bits per heavy atom. The molecule has 2 nitrogen and oxygen atoms in total. The summed E-state index contributed by atoms with van der Waals surface area (Å²) < 4.78 is 0. The van der Waals surface area contributed by atoms with Crippen molar-refractivity contribution in [3.05, 3.63) is 62.7 Å². The number of fused-ring (bicyclic) bond motifs is 2. The zero-order valence-corrected chi connectivity index (χ0v) is 11.6. The van der Waals surface area contributed by atoms with E-state index in [0.29, 0.717) is 11.1 Å². The van der Waals surface area contributed by atoms with E-state index < -0.39 is 5.78 Å². The maximum atomic E-state index is 12.4. The van der Waals surface area contributed by atoms with Gasteiger partial charge in [-0.15, -0.1) is 0 Å². The van der Waals surface area contributed by atoms with Crippen LogP contribution in [0.1, 0.15) is 15.9 Å². The highest BCUT2D eigenvalue weighted by atomic mass is 35.5. The molecule has 2 aliphatic rings.